The molecule has 3 heterocycles. The first-order valence-corrected chi connectivity index (χ1v) is 8.84. The Labute approximate surface area is 154 Å². The van der Waals surface area contributed by atoms with Gasteiger partial charge in [0.25, 0.3) is 5.78 Å². The second kappa shape index (κ2) is 5.71. The summed E-state index contributed by atoms with van der Waals surface area (Å²) >= 11 is 0. The van der Waals surface area contributed by atoms with Gasteiger partial charge < -0.3 is 14.1 Å². The van der Waals surface area contributed by atoms with E-state index in [1.54, 1.807) is 6.92 Å². The lowest BCUT2D eigenvalue weighted by Gasteiger charge is -2.02. The van der Waals surface area contributed by atoms with Crippen LogP contribution in [0.1, 0.15) is 17.3 Å². The first kappa shape index (κ1) is 15.6. The highest BCUT2D eigenvalue weighted by Crippen LogP contribution is 2.35. The van der Waals surface area contributed by atoms with Crippen LogP contribution < -0.4 is 0 Å². The fraction of sp³-hybridized carbons (Fsp3) is 0.0909. The van der Waals surface area contributed by atoms with Crippen LogP contribution in [0.2, 0.25) is 0 Å². The van der Waals surface area contributed by atoms with Crippen molar-refractivity contribution in [3.05, 3.63) is 66.4 Å². The van der Waals surface area contributed by atoms with Gasteiger partial charge in [-0.1, -0.05) is 36.4 Å². The molecule has 0 spiro atoms. The van der Waals surface area contributed by atoms with Gasteiger partial charge in [0, 0.05) is 27.9 Å². The molecule has 0 bridgehead atoms. The van der Waals surface area contributed by atoms with Crippen LogP contribution in [0.25, 0.3) is 38.2 Å². The van der Waals surface area contributed by atoms with E-state index in [0.29, 0.717) is 11.1 Å². The van der Waals surface area contributed by atoms with Crippen LogP contribution in [-0.4, -0.2) is 27.7 Å². The number of benzene rings is 2. The van der Waals surface area contributed by atoms with E-state index < -0.39 is 11.8 Å². The van der Waals surface area contributed by atoms with E-state index in [1.807, 2.05) is 65.2 Å². The normalized spacial score (nSPS) is 11.6. The van der Waals surface area contributed by atoms with Crippen molar-refractivity contribution >= 4 is 50.0 Å². The van der Waals surface area contributed by atoms with E-state index in [2.05, 4.69) is 4.98 Å². The standard InChI is InChI=1S/C22H16N2O3/c1-2-27-22(26)21(25)18-15-8-4-6-10-17(15)24-12-11-14-13-7-3-5-9-16(13)23-19(14)20(18)24/h3-12,23H,2H2,1H3. The maximum atomic E-state index is 13.0. The van der Waals surface area contributed by atoms with Crippen LogP contribution >= 0.6 is 0 Å². The number of ketones is 1. The maximum absolute atomic E-state index is 13.0. The van der Waals surface area contributed by atoms with Crippen LogP contribution in [0.15, 0.2) is 60.8 Å². The molecule has 5 heteroatoms. The van der Waals surface area contributed by atoms with Crippen LogP contribution in [-0.2, 0) is 9.53 Å². The number of nitrogens with one attached hydrogen (secondary N) is 1. The van der Waals surface area contributed by atoms with Crippen molar-refractivity contribution in [2.75, 3.05) is 6.61 Å². The van der Waals surface area contributed by atoms with E-state index in [9.17, 15) is 9.59 Å². The third-order valence-electron chi connectivity index (χ3n) is 4.97. The summed E-state index contributed by atoms with van der Waals surface area (Å²) in [6.07, 6.45) is 1.95. The molecular weight excluding hydrogens is 340 g/mol. The zero-order valence-corrected chi connectivity index (χ0v) is 14.7. The number of rotatable bonds is 3. The van der Waals surface area contributed by atoms with Crippen molar-refractivity contribution in [2.45, 2.75) is 6.92 Å². The molecule has 5 nitrogen and oxygen atoms in total. The Balaban J connectivity index is 1.98. The Bertz CT molecular complexity index is 1370. The first-order chi connectivity index (χ1) is 13.2. The van der Waals surface area contributed by atoms with E-state index in [1.165, 1.54) is 0 Å². The van der Waals surface area contributed by atoms with Gasteiger partial charge in [-0.05, 0) is 25.1 Å². The molecule has 0 saturated heterocycles. The van der Waals surface area contributed by atoms with Gasteiger partial charge in [-0.2, -0.15) is 0 Å². The van der Waals surface area contributed by atoms with Gasteiger partial charge in [0.2, 0.25) is 0 Å². The highest BCUT2D eigenvalue weighted by atomic mass is 16.5. The number of carbonyl (C=O) groups is 2. The quantitative estimate of drug-likeness (QED) is 0.295. The number of para-hydroxylation sites is 2. The number of ether oxygens (including phenoxy) is 1. The minimum absolute atomic E-state index is 0.163. The van der Waals surface area contributed by atoms with Crippen molar-refractivity contribution < 1.29 is 14.3 Å². The third-order valence-corrected chi connectivity index (χ3v) is 4.97. The molecule has 0 aliphatic carbocycles. The van der Waals surface area contributed by atoms with Gasteiger partial charge in [0.05, 0.1) is 28.7 Å². The van der Waals surface area contributed by atoms with Crippen molar-refractivity contribution in [3.63, 3.8) is 0 Å². The molecule has 5 rings (SSSR count). The van der Waals surface area contributed by atoms with E-state index >= 15 is 0 Å². The number of hydrogen-bond donors (Lipinski definition) is 1. The Morgan fingerprint density at radius 1 is 0.963 bits per heavy atom. The number of carbonyl (C=O) groups excluding carboxylic acids is 2. The molecule has 0 radical (unpaired) electrons. The van der Waals surface area contributed by atoms with Crippen molar-refractivity contribution in [3.8, 4) is 0 Å². The zero-order valence-electron chi connectivity index (χ0n) is 14.7. The summed E-state index contributed by atoms with van der Waals surface area (Å²) in [5, 5.41) is 2.83. The van der Waals surface area contributed by atoms with Gasteiger partial charge in [0.15, 0.2) is 0 Å². The molecule has 0 atom stereocenters. The highest BCUT2D eigenvalue weighted by molar-refractivity contribution is 6.46. The number of pyridine rings is 1. The van der Waals surface area contributed by atoms with Crippen LogP contribution in [0, 0.1) is 0 Å². The minimum Gasteiger partial charge on any atom is -0.460 e. The molecule has 0 aliphatic heterocycles. The third kappa shape index (κ3) is 2.11. The summed E-state index contributed by atoms with van der Waals surface area (Å²) in [5.41, 5.74) is 3.77. The molecule has 132 valence electrons. The van der Waals surface area contributed by atoms with Crippen LogP contribution in [0.3, 0.4) is 0 Å². The number of esters is 1. The summed E-state index contributed by atoms with van der Waals surface area (Å²) < 4.78 is 6.95. The lowest BCUT2D eigenvalue weighted by molar-refractivity contribution is -0.137. The number of fused-ring (bicyclic) bond motifs is 7. The molecule has 0 saturated carbocycles. The first-order valence-electron chi connectivity index (χ1n) is 8.84. The largest absolute Gasteiger partial charge is 0.460 e. The average molecular weight is 356 g/mol. The lowest BCUT2D eigenvalue weighted by atomic mass is 10.1. The number of Topliss-reactive ketones (excluding diaryl/α,β-unsaturated/α-hetero) is 1. The zero-order chi connectivity index (χ0) is 18.5. The van der Waals surface area contributed by atoms with Gasteiger partial charge in [-0.3, -0.25) is 4.79 Å². The Morgan fingerprint density at radius 2 is 1.70 bits per heavy atom. The average Bonchev–Trinajstić information content (AvgIpc) is 3.23. The molecular formula is C22H16N2O3. The summed E-state index contributed by atoms with van der Waals surface area (Å²) in [6.45, 7) is 1.85. The van der Waals surface area contributed by atoms with Crippen LogP contribution in [0.4, 0.5) is 0 Å². The number of aromatic amines is 1. The molecule has 0 unspecified atom stereocenters. The number of hydrogen-bond acceptors (Lipinski definition) is 3. The molecule has 0 amide bonds. The molecule has 5 aromatic rings. The van der Waals surface area contributed by atoms with Gasteiger partial charge >= 0.3 is 5.97 Å². The van der Waals surface area contributed by atoms with Gasteiger partial charge in [0.1, 0.15) is 0 Å². The van der Waals surface area contributed by atoms with Crippen molar-refractivity contribution in [2.24, 2.45) is 0 Å². The molecule has 0 aliphatic rings. The van der Waals surface area contributed by atoms with Crippen molar-refractivity contribution in [1.82, 2.24) is 9.38 Å². The Hall–Kier alpha value is -3.60. The summed E-state index contributed by atoms with van der Waals surface area (Å²) in [6, 6.07) is 17.6. The monoisotopic (exact) mass is 356 g/mol. The Morgan fingerprint density at radius 3 is 2.52 bits per heavy atom. The number of nitrogens with zero attached hydrogens (tertiary/aromatic N) is 1. The molecule has 2 aromatic carbocycles. The summed E-state index contributed by atoms with van der Waals surface area (Å²) in [4.78, 5) is 28.6. The van der Waals surface area contributed by atoms with Gasteiger partial charge in [-0.15, -0.1) is 0 Å². The summed E-state index contributed by atoms with van der Waals surface area (Å²) in [7, 11) is 0. The summed E-state index contributed by atoms with van der Waals surface area (Å²) in [5.74, 6) is -1.45. The number of aromatic nitrogens is 2. The van der Waals surface area contributed by atoms with E-state index in [0.717, 1.165) is 32.7 Å². The van der Waals surface area contributed by atoms with Gasteiger partial charge in [-0.25, -0.2) is 4.79 Å². The van der Waals surface area contributed by atoms with E-state index in [-0.39, 0.29) is 6.61 Å². The topological polar surface area (TPSA) is 63.6 Å². The second-order valence-electron chi connectivity index (χ2n) is 6.44. The maximum Gasteiger partial charge on any atom is 0.379 e. The predicted octanol–water partition coefficient (Wildman–Crippen LogP) is 4.47. The van der Waals surface area contributed by atoms with Crippen LogP contribution in [0.5, 0.6) is 0 Å². The number of H-pyrrole nitrogens is 1. The molecule has 0 fully saturated rings. The molecule has 1 N–H and O–H groups in total. The lowest BCUT2D eigenvalue weighted by Crippen LogP contribution is -2.17. The SMILES string of the molecule is CCOC(=O)C(=O)c1c2ccccc2n2ccc3c4ccccc4[nH]c3c12. The molecule has 27 heavy (non-hydrogen) atoms. The van der Waals surface area contributed by atoms with Crippen molar-refractivity contribution in [1.29, 1.82) is 0 Å². The van der Waals surface area contributed by atoms with E-state index in [4.69, 9.17) is 4.74 Å². The second-order valence-corrected chi connectivity index (χ2v) is 6.44. The Kier molecular flexibility index (Phi) is 3.31. The fourth-order valence-electron chi connectivity index (χ4n) is 3.87. The minimum atomic E-state index is -0.830. The highest BCUT2D eigenvalue weighted by Gasteiger charge is 2.26. The fourth-order valence-corrected chi connectivity index (χ4v) is 3.87. The molecule has 3 aromatic heterocycles. The predicted molar refractivity (Wildman–Crippen MR) is 105 cm³/mol. The smallest absolute Gasteiger partial charge is 0.379 e.